The number of nitrogens with one attached hydrogen (secondary N) is 1. The Kier molecular flexibility index (Phi) is 4.89. The van der Waals surface area contributed by atoms with Crippen LogP contribution >= 0.6 is 0 Å². The predicted octanol–water partition coefficient (Wildman–Crippen LogP) is 4.29. The first kappa shape index (κ1) is 16.4. The summed E-state index contributed by atoms with van der Waals surface area (Å²) in [6.07, 6.45) is 12.7. The zero-order valence-electron chi connectivity index (χ0n) is 14.8. The van der Waals surface area contributed by atoms with Gasteiger partial charge in [0.1, 0.15) is 0 Å². The molecule has 1 aliphatic heterocycles. The summed E-state index contributed by atoms with van der Waals surface area (Å²) in [6, 6.07) is 9.41. The Morgan fingerprint density at radius 2 is 1.68 bits per heavy atom. The molecule has 0 atom stereocenters. The number of para-hydroxylation sites is 2. The third kappa shape index (κ3) is 3.36. The van der Waals surface area contributed by atoms with Crippen LogP contribution < -0.4 is 5.32 Å². The van der Waals surface area contributed by atoms with Crippen molar-refractivity contribution in [1.29, 1.82) is 5.26 Å². The second-order valence-electron chi connectivity index (χ2n) is 7.44. The SMILES string of the molecule is N#CNc1nc2ccccc2n1C1CCN(C2CCCCCC2)CC1. The van der Waals surface area contributed by atoms with Gasteiger partial charge in [-0.3, -0.25) is 5.32 Å². The van der Waals surface area contributed by atoms with Gasteiger partial charge < -0.3 is 9.47 Å². The van der Waals surface area contributed by atoms with Crippen LogP contribution in [0.25, 0.3) is 11.0 Å². The molecular weight excluding hydrogens is 310 g/mol. The number of nitrogens with zero attached hydrogens (tertiary/aromatic N) is 4. The molecule has 0 spiro atoms. The van der Waals surface area contributed by atoms with Crippen LogP contribution in [0.2, 0.25) is 0 Å². The molecule has 1 aromatic carbocycles. The van der Waals surface area contributed by atoms with Crippen LogP contribution in [0.3, 0.4) is 0 Å². The Hall–Kier alpha value is -2.06. The summed E-state index contributed by atoms with van der Waals surface area (Å²) in [4.78, 5) is 7.34. The van der Waals surface area contributed by atoms with Gasteiger partial charge in [-0.2, -0.15) is 5.26 Å². The quantitative estimate of drug-likeness (QED) is 0.516. The molecule has 4 rings (SSSR count). The van der Waals surface area contributed by atoms with E-state index in [4.69, 9.17) is 5.26 Å². The van der Waals surface area contributed by atoms with Gasteiger partial charge in [-0.05, 0) is 37.8 Å². The minimum atomic E-state index is 0.422. The molecule has 5 nitrogen and oxygen atoms in total. The van der Waals surface area contributed by atoms with E-state index in [-0.39, 0.29) is 0 Å². The number of hydrogen-bond donors (Lipinski definition) is 1. The van der Waals surface area contributed by atoms with Crippen molar-refractivity contribution in [3.05, 3.63) is 24.3 Å². The lowest BCUT2D eigenvalue weighted by molar-refractivity contribution is 0.125. The molecule has 2 aliphatic rings. The molecule has 25 heavy (non-hydrogen) atoms. The number of aromatic nitrogens is 2. The lowest BCUT2D eigenvalue weighted by Gasteiger charge is -2.38. The number of imidazole rings is 1. The Labute approximate surface area is 149 Å². The molecule has 1 aromatic heterocycles. The van der Waals surface area contributed by atoms with E-state index in [0.717, 1.165) is 43.0 Å². The summed E-state index contributed by atoms with van der Waals surface area (Å²) in [6.45, 7) is 2.32. The van der Waals surface area contributed by atoms with Gasteiger partial charge in [-0.15, -0.1) is 0 Å². The van der Waals surface area contributed by atoms with E-state index in [9.17, 15) is 0 Å². The molecule has 0 bridgehead atoms. The molecule has 2 heterocycles. The summed E-state index contributed by atoms with van der Waals surface area (Å²) in [5, 5.41) is 11.9. The maximum absolute atomic E-state index is 9.08. The lowest BCUT2D eigenvalue weighted by Crippen LogP contribution is -2.41. The van der Waals surface area contributed by atoms with Crippen LogP contribution in [0.4, 0.5) is 5.95 Å². The molecule has 0 radical (unpaired) electrons. The van der Waals surface area contributed by atoms with E-state index in [0.29, 0.717) is 12.0 Å². The Bertz CT molecular complexity index is 743. The number of fused-ring (bicyclic) bond motifs is 1. The number of hydrogen-bond acceptors (Lipinski definition) is 4. The maximum Gasteiger partial charge on any atom is 0.217 e. The number of likely N-dealkylation sites (tertiary alicyclic amines) is 1. The molecule has 1 aliphatic carbocycles. The van der Waals surface area contributed by atoms with E-state index in [2.05, 4.69) is 31.9 Å². The van der Waals surface area contributed by atoms with E-state index < -0.39 is 0 Å². The molecule has 1 N–H and O–H groups in total. The molecule has 1 saturated carbocycles. The van der Waals surface area contributed by atoms with Gasteiger partial charge in [0.2, 0.25) is 5.95 Å². The van der Waals surface area contributed by atoms with E-state index in [1.165, 1.54) is 38.5 Å². The Balaban J connectivity index is 1.51. The van der Waals surface area contributed by atoms with Crippen LogP contribution in [0.1, 0.15) is 57.4 Å². The summed E-state index contributed by atoms with van der Waals surface area (Å²) in [5.74, 6) is 0.691. The largest absolute Gasteiger partial charge is 0.306 e. The number of nitriles is 1. The molecule has 0 amide bonds. The highest BCUT2D eigenvalue weighted by Gasteiger charge is 2.28. The number of anilines is 1. The Morgan fingerprint density at radius 3 is 2.40 bits per heavy atom. The fraction of sp³-hybridized carbons (Fsp3) is 0.600. The van der Waals surface area contributed by atoms with Gasteiger partial charge in [0.25, 0.3) is 0 Å². The van der Waals surface area contributed by atoms with Crippen LogP contribution in [-0.2, 0) is 0 Å². The van der Waals surface area contributed by atoms with Crippen molar-refractivity contribution < 1.29 is 0 Å². The first-order valence-corrected chi connectivity index (χ1v) is 9.73. The molecule has 2 fully saturated rings. The van der Waals surface area contributed by atoms with Gasteiger partial charge in [0.15, 0.2) is 6.19 Å². The maximum atomic E-state index is 9.08. The van der Waals surface area contributed by atoms with E-state index in [1.54, 1.807) is 0 Å². The zero-order valence-corrected chi connectivity index (χ0v) is 14.8. The van der Waals surface area contributed by atoms with Crippen molar-refractivity contribution in [2.24, 2.45) is 0 Å². The lowest BCUT2D eigenvalue weighted by atomic mass is 9.99. The minimum Gasteiger partial charge on any atom is -0.306 e. The third-order valence-electron chi connectivity index (χ3n) is 5.97. The van der Waals surface area contributed by atoms with Gasteiger partial charge >= 0.3 is 0 Å². The molecular formula is C20H27N5. The van der Waals surface area contributed by atoms with Crippen molar-refractivity contribution in [3.63, 3.8) is 0 Å². The highest BCUT2D eigenvalue weighted by atomic mass is 15.2. The van der Waals surface area contributed by atoms with Crippen molar-refractivity contribution >= 4 is 17.0 Å². The van der Waals surface area contributed by atoms with Crippen LogP contribution in [0.15, 0.2) is 24.3 Å². The van der Waals surface area contributed by atoms with Crippen molar-refractivity contribution in [3.8, 4) is 6.19 Å². The molecule has 132 valence electrons. The fourth-order valence-electron chi connectivity index (χ4n) is 4.68. The first-order valence-electron chi connectivity index (χ1n) is 9.73. The van der Waals surface area contributed by atoms with Gasteiger partial charge in [0.05, 0.1) is 11.0 Å². The minimum absolute atomic E-state index is 0.422. The second-order valence-corrected chi connectivity index (χ2v) is 7.44. The van der Waals surface area contributed by atoms with Crippen LogP contribution in [0.5, 0.6) is 0 Å². The topological polar surface area (TPSA) is 56.9 Å². The van der Waals surface area contributed by atoms with Gasteiger partial charge in [-0.1, -0.05) is 37.8 Å². The Morgan fingerprint density at radius 1 is 0.960 bits per heavy atom. The van der Waals surface area contributed by atoms with Crippen molar-refractivity contribution in [1.82, 2.24) is 14.5 Å². The van der Waals surface area contributed by atoms with Gasteiger partial charge in [0, 0.05) is 25.2 Å². The molecule has 2 aromatic rings. The van der Waals surface area contributed by atoms with Gasteiger partial charge in [-0.25, -0.2) is 4.98 Å². The second kappa shape index (κ2) is 7.45. The van der Waals surface area contributed by atoms with E-state index in [1.807, 2.05) is 18.3 Å². The highest BCUT2D eigenvalue weighted by molar-refractivity contribution is 5.79. The molecule has 1 saturated heterocycles. The summed E-state index contributed by atoms with van der Waals surface area (Å²) >= 11 is 0. The average molecular weight is 337 g/mol. The van der Waals surface area contributed by atoms with Crippen LogP contribution in [0, 0.1) is 11.5 Å². The smallest absolute Gasteiger partial charge is 0.217 e. The predicted molar refractivity (Wildman–Crippen MR) is 100 cm³/mol. The standard InChI is InChI=1S/C20H27N5/c21-15-22-20-23-18-9-5-6-10-19(18)25(20)17-11-13-24(14-12-17)16-7-3-1-2-4-8-16/h5-6,9-10,16-17H,1-4,7-8,11-14H2,(H,22,23). The highest BCUT2D eigenvalue weighted by Crippen LogP contribution is 2.33. The number of benzene rings is 1. The third-order valence-corrected chi connectivity index (χ3v) is 5.97. The summed E-state index contributed by atoms with van der Waals surface area (Å²) in [7, 11) is 0. The normalized spacial score (nSPS) is 21.1. The van der Waals surface area contributed by atoms with Crippen LogP contribution in [-0.4, -0.2) is 33.6 Å². The number of rotatable bonds is 3. The molecule has 5 heteroatoms. The average Bonchev–Trinajstić information content (AvgIpc) is 2.82. The monoisotopic (exact) mass is 337 g/mol. The van der Waals surface area contributed by atoms with E-state index >= 15 is 0 Å². The first-order chi connectivity index (χ1) is 12.4. The molecule has 0 unspecified atom stereocenters. The summed E-state index contributed by atoms with van der Waals surface area (Å²) in [5.41, 5.74) is 2.10. The number of piperidine rings is 1. The van der Waals surface area contributed by atoms with Crippen molar-refractivity contribution in [2.45, 2.75) is 63.5 Å². The summed E-state index contributed by atoms with van der Waals surface area (Å²) < 4.78 is 2.25. The zero-order chi connectivity index (χ0) is 17.1. The fourth-order valence-corrected chi connectivity index (χ4v) is 4.68. The van der Waals surface area contributed by atoms with Crippen molar-refractivity contribution in [2.75, 3.05) is 18.4 Å².